The Morgan fingerprint density at radius 2 is 1.63 bits per heavy atom. The standard InChI is InChI=1S/C20H23NO6/c1-5-13-8-6-7-9-15(13)21-17(22)12-27-20(23)14-10-11-16(24-2)19(26-4)18(14)25-3/h6-11H,5,12H2,1-4H3,(H,21,22). The van der Waals surface area contributed by atoms with Gasteiger partial charge in [-0.05, 0) is 30.2 Å². The second-order valence-corrected chi connectivity index (χ2v) is 5.52. The van der Waals surface area contributed by atoms with E-state index in [1.54, 1.807) is 12.1 Å². The van der Waals surface area contributed by atoms with Crippen LogP contribution in [0.15, 0.2) is 36.4 Å². The van der Waals surface area contributed by atoms with Gasteiger partial charge in [-0.1, -0.05) is 25.1 Å². The van der Waals surface area contributed by atoms with Crippen molar-refractivity contribution in [2.24, 2.45) is 0 Å². The first kappa shape index (κ1) is 20.1. The van der Waals surface area contributed by atoms with Crippen LogP contribution in [0.4, 0.5) is 5.69 Å². The molecule has 2 aromatic carbocycles. The molecule has 0 atom stereocenters. The Bertz CT molecular complexity index is 818. The van der Waals surface area contributed by atoms with Crippen LogP contribution < -0.4 is 19.5 Å². The predicted molar refractivity (Wildman–Crippen MR) is 101 cm³/mol. The molecule has 0 heterocycles. The molecule has 1 N–H and O–H groups in total. The highest BCUT2D eigenvalue weighted by molar-refractivity contribution is 5.98. The van der Waals surface area contributed by atoms with Crippen LogP contribution in [0.3, 0.4) is 0 Å². The zero-order chi connectivity index (χ0) is 19.8. The molecule has 0 aliphatic carbocycles. The van der Waals surface area contributed by atoms with E-state index in [9.17, 15) is 9.59 Å². The molecule has 0 unspecified atom stereocenters. The molecule has 2 rings (SSSR count). The second kappa shape index (κ2) is 9.47. The molecule has 0 spiro atoms. The lowest BCUT2D eigenvalue weighted by molar-refractivity contribution is -0.119. The number of hydrogen-bond donors (Lipinski definition) is 1. The highest BCUT2D eigenvalue weighted by Gasteiger charge is 2.22. The van der Waals surface area contributed by atoms with Gasteiger partial charge in [0.15, 0.2) is 18.1 Å². The number of esters is 1. The lowest BCUT2D eigenvalue weighted by Crippen LogP contribution is -2.21. The maximum Gasteiger partial charge on any atom is 0.342 e. The van der Waals surface area contributed by atoms with Crippen molar-refractivity contribution in [2.75, 3.05) is 33.3 Å². The van der Waals surface area contributed by atoms with Crippen molar-refractivity contribution in [3.63, 3.8) is 0 Å². The summed E-state index contributed by atoms with van der Waals surface area (Å²) in [5.74, 6) is -0.260. The Kier molecular flexibility index (Phi) is 7.05. The molecule has 0 aliphatic heterocycles. The number of anilines is 1. The van der Waals surface area contributed by atoms with Crippen molar-refractivity contribution in [1.29, 1.82) is 0 Å². The molecule has 1 amide bonds. The minimum Gasteiger partial charge on any atom is -0.493 e. The molecule has 0 aromatic heterocycles. The van der Waals surface area contributed by atoms with Crippen molar-refractivity contribution in [3.05, 3.63) is 47.5 Å². The molecule has 0 bridgehead atoms. The maximum atomic E-state index is 12.4. The number of rotatable bonds is 8. The van der Waals surface area contributed by atoms with E-state index in [1.165, 1.54) is 27.4 Å². The predicted octanol–water partition coefficient (Wildman–Crippen LogP) is 3.07. The quantitative estimate of drug-likeness (QED) is 0.716. The van der Waals surface area contributed by atoms with Crippen LogP contribution in [-0.4, -0.2) is 39.8 Å². The summed E-state index contributed by atoms with van der Waals surface area (Å²) in [5.41, 5.74) is 1.83. The summed E-state index contributed by atoms with van der Waals surface area (Å²) in [6, 6.07) is 10.5. The van der Waals surface area contributed by atoms with Crippen molar-refractivity contribution in [2.45, 2.75) is 13.3 Å². The van der Waals surface area contributed by atoms with E-state index in [4.69, 9.17) is 18.9 Å². The molecule has 0 saturated heterocycles. The Labute approximate surface area is 158 Å². The summed E-state index contributed by atoms with van der Waals surface area (Å²) >= 11 is 0. The molecule has 7 heteroatoms. The van der Waals surface area contributed by atoms with Crippen molar-refractivity contribution in [1.82, 2.24) is 0 Å². The molecule has 144 valence electrons. The fraction of sp³-hybridized carbons (Fsp3) is 0.300. The van der Waals surface area contributed by atoms with Gasteiger partial charge in [-0.25, -0.2) is 4.79 Å². The second-order valence-electron chi connectivity index (χ2n) is 5.52. The van der Waals surface area contributed by atoms with Gasteiger partial charge in [0, 0.05) is 5.69 Å². The lowest BCUT2D eigenvalue weighted by Gasteiger charge is -2.15. The third-order valence-electron chi connectivity index (χ3n) is 3.93. The van der Waals surface area contributed by atoms with E-state index >= 15 is 0 Å². The number of methoxy groups -OCH3 is 3. The van der Waals surface area contributed by atoms with Crippen molar-refractivity contribution in [3.8, 4) is 17.2 Å². The van der Waals surface area contributed by atoms with Gasteiger partial charge in [-0.3, -0.25) is 4.79 Å². The van der Waals surface area contributed by atoms with Crippen LogP contribution in [0.5, 0.6) is 17.2 Å². The van der Waals surface area contributed by atoms with Gasteiger partial charge in [0.2, 0.25) is 5.75 Å². The smallest absolute Gasteiger partial charge is 0.342 e. The first-order valence-corrected chi connectivity index (χ1v) is 8.39. The van der Waals surface area contributed by atoms with Crippen LogP contribution in [0.2, 0.25) is 0 Å². The number of carbonyl (C=O) groups is 2. The number of amides is 1. The third kappa shape index (κ3) is 4.69. The molecule has 0 saturated carbocycles. The molecule has 0 aliphatic rings. The minimum atomic E-state index is -0.702. The van der Waals surface area contributed by atoms with E-state index in [0.29, 0.717) is 11.4 Å². The summed E-state index contributed by atoms with van der Waals surface area (Å²) < 4.78 is 20.8. The average molecular weight is 373 g/mol. The number of hydrogen-bond acceptors (Lipinski definition) is 6. The van der Waals surface area contributed by atoms with Crippen LogP contribution in [-0.2, 0) is 16.0 Å². The van der Waals surface area contributed by atoms with E-state index < -0.39 is 18.5 Å². The van der Waals surface area contributed by atoms with Gasteiger partial charge in [0.05, 0.1) is 21.3 Å². The molecule has 7 nitrogen and oxygen atoms in total. The Morgan fingerprint density at radius 1 is 0.926 bits per heavy atom. The Morgan fingerprint density at radius 3 is 2.26 bits per heavy atom. The first-order valence-electron chi connectivity index (χ1n) is 8.39. The fourth-order valence-electron chi connectivity index (χ4n) is 2.61. The number of ether oxygens (including phenoxy) is 4. The van der Waals surface area contributed by atoms with Crippen LogP contribution >= 0.6 is 0 Å². The first-order chi connectivity index (χ1) is 13.0. The Hall–Kier alpha value is -3.22. The van der Waals surface area contributed by atoms with Gasteiger partial charge < -0.3 is 24.3 Å². The lowest BCUT2D eigenvalue weighted by atomic mass is 10.1. The zero-order valence-corrected chi connectivity index (χ0v) is 15.8. The fourth-order valence-corrected chi connectivity index (χ4v) is 2.61. The molecular formula is C20H23NO6. The summed E-state index contributed by atoms with van der Waals surface area (Å²) in [6.45, 7) is 1.57. The normalized spacial score (nSPS) is 10.1. The van der Waals surface area contributed by atoms with Crippen LogP contribution in [0.25, 0.3) is 0 Å². The highest BCUT2D eigenvalue weighted by Crippen LogP contribution is 2.39. The minimum absolute atomic E-state index is 0.136. The van der Waals surface area contributed by atoms with Gasteiger partial charge in [0.1, 0.15) is 5.56 Å². The Balaban J connectivity index is 2.08. The van der Waals surface area contributed by atoms with Gasteiger partial charge >= 0.3 is 5.97 Å². The highest BCUT2D eigenvalue weighted by atomic mass is 16.5. The van der Waals surface area contributed by atoms with Crippen molar-refractivity contribution >= 4 is 17.6 Å². The molecule has 2 aromatic rings. The molecule has 27 heavy (non-hydrogen) atoms. The van der Waals surface area contributed by atoms with Crippen LogP contribution in [0.1, 0.15) is 22.8 Å². The molecular weight excluding hydrogens is 350 g/mol. The van der Waals surface area contributed by atoms with Gasteiger partial charge in [-0.15, -0.1) is 0 Å². The third-order valence-corrected chi connectivity index (χ3v) is 3.93. The van der Waals surface area contributed by atoms with E-state index in [0.717, 1.165) is 12.0 Å². The topological polar surface area (TPSA) is 83.1 Å². The maximum absolute atomic E-state index is 12.4. The summed E-state index contributed by atoms with van der Waals surface area (Å²) in [4.78, 5) is 24.5. The van der Waals surface area contributed by atoms with E-state index in [1.807, 2.05) is 25.1 Å². The van der Waals surface area contributed by atoms with Crippen LogP contribution in [0, 0.1) is 0 Å². The number of aryl methyl sites for hydroxylation is 1. The summed E-state index contributed by atoms with van der Waals surface area (Å²) in [5, 5.41) is 2.75. The monoisotopic (exact) mass is 373 g/mol. The largest absolute Gasteiger partial charge is 0.493 e. The summed E-state index contributed by atoms with van der Waals surface area (Å²) in [6.07, 6.45) is 0.777. The SMILES string of the molecule is CCc1ccccc1NC(=O)COC(=O)c1ccc(OC)c(OC)c1OC. The van der Waals surface area contributed by atoms with Gasteiger partial charge in [-0.2, -0.15) is 0 Å². The zero-order valence-electron chi connectivity index (χ0n) is 15.8. The number of carbonyl (C=O) groups excluding carboxylic acids is 2. The van der Waals surface area contributed by atoms with Gasteiger partial charge in [0.25, 0.3) is 5.91 Å². The van der Waals surface area contributed by atoms with E-state index in [-0.39, 0.29) is 17.1 Å². The number of para-hydroxylation sites is 1. The van der Waals surface area contributed by atoms with E-state index in [2.05, 4.69) is 5.32 Å². The number of nitrogens with one attached hydrogen (secondary N) is 1. The molecule has 0 radical (unpaired) electrons. The number of benzene rings is 2. The summed E-state index contributed by atoms with van der Waals surface area (Å²) in [7, 11) is 4.32. The van der Waals surface area contributed by atoms with Crippen molar-refractivity contribution < 1.29 is 28.5 Å². The molecule has 0 fully saturated rings. The average Bonchev–Trinajstić information content (AvgIpc) is 2.70.